The molecule has 0 unspecified atom stereocenters. The smallest absolute Gasteiger partial charge is 0.870 e. The first-order valence-electron chi connectivity index (χ1n) is 0.565. The van der Waals surface area contributed by atoms with E-state index in [4.69, 9.17) is 13.0 Å². The summed E-state index contributed by atoms with van der Waals surface area (Å²) in [7, 11) is -3.12. The maximum Gasteiger partial charge on any atom is 1.00 e. The molecule has 0 radical (unpaired) electrons. The average molecular weight is 122 g/mol. The van der Waals surface area contributed by atoms with Crippen LogP contribution >= 0.6 is 0 Å². The third kappa shape index (κ3) is 96.4. The topological polar surface area (TPSA) is 84.4 Å². The summed E-state index contributed by atoms with van der Waals surface area (Å²) in [6.45, 7) is 0. The van der Waals surface area contributed by atoms with E-state index in [0.717, 1.165) is 0 Å². The Labute approximate surface area is 58.9 Å². The predicted octanol–water partition coefficient (Wildman–Crippen LogP) is -4.10. The standard InChI is InChI=1S/Na.H2O3S.H2O/c;1-4(2)3;/h;4H,(H,1,2,3);1H2/q+1;;/p-1. The maximum atomic E-state index is 8.59. The normalized spacial score (nSPS) is 5.67. The predicted molar refractivity (Wildman–Crippen MR) is 14.9 cm³/mol. The van der Waals surface area contributed by atoms with Crippen LogP contribution in [0.5, 0.6) is 0 Å². The molecular formula is H3NaO4S. The van der Waals surface area contributed by atoms with Gasteiger partial charge in [0, 0.05) is 0 Å². The third-order valence-corrected chi connectivity index (χ3v) is 0. The molecule has 0 aliphatic heterocycles. The quantitative estimate of drug-likeness (QED) is 0.194. The maximum absolute atomic E-state index is 8.59. The molecule has 0 atom stereocenters. The van der Waals surface area contributed by atoms with Crippen molar-refractivity contribution in [3.8, 4) is 0 Å². The van der Waals surface area contributed by atoms with E-state index in [2.05, 4.69) is 0 Å². The van der Waals surface area contributed by atoms with Crippen LogP contribution in [0.15, 0.2) is 0 Å². The van der Waals surface area contributed by atoms with Crippen LogP contribution in [-0.2, 0) is 11.0 Å². The Morgan fingerprint density at radius 1 is 1.33 bits per heavy atom. The molecule has 6 heteroatoms. The van der Waals surface area contributed by atoms with E-state index in [1.54, 1.807) is 0 Å². The molecule has 0 fully saturated rings. The summed E-state index contributed by atoms with van der Waals surface area (Å²) in [6, 6.07) is 0. The molecule has 6 heavy (non-hydrogen) atoms. The van der Waals surface area contributed by atoms with Gasteiger partial charge in [0.15, 0.2) is 0 Å². The number of rotatable bonds is 0. The van der Waals surface area contributed by atoms with Gasteiger partial charge in [-0.1, -0.05) is 0 Å². The Morgan fingerprint density at radius 2 is 1.33 bits per heavy atom. The number of hydrogen-bond donors (Lipinski definition) is 2. The van der Waals surface area contributed by atoms with Gasteiger partial charge < -0.3 is 5.48 Å². The summed E-state index contributed by atoms with van der Waals surface area (Å²) in [4.78, 5) is 0. The van der Waals surface area contributed by atoms with E-state index in [9.17, 15) is 0 Å². The molecule has 0 aromatic heterocycles. The van der Waals surface area contributed by atoms with Gasteiger partial charge in [-0.15, -0.1) is 0 Å². The van der Waals surface area contributed by atoms with Gasteiger partial charge >= 0.3 is 29.6 Å². The SMILES string of the molecule is O=[SH](=O)O.[Na+].[OH-]. The van der Waals surface area contributed by atoms with Crippen LogP contribution in [0.4, 0.5) is 0 Å². The van der Waals surface area contributed by atoms with Gasteiger partial charge in [0.05, 0.1) is 0 Å². The van der Waals surface area contributed by atoms with Crippen LogP contribution in [0.25, 0.3) is 0 Å². The molecule has 0 aromatic rings. The van der Waals surface area contributed by atoms with Crippen molar-refractivity contribution in [2.24, 2.45) is 0 Å². The third-order valence-electron chi connectivity index (χ3n) is 0. The summed E-state index contributed by atoms with van der Waals surface area (Å²) in [5.74, 6) is 0. The molecule has 0 amide bonds. The Kier molecular flexibility index (Phi) is 24.5. The molecule has 0 heterocycles. The molecular weight excluding hydrogens is 119 g/mol. The zero-order valence-electron chi connectivity index (χ0n) is 3.16. The van der Waals surface area contributed by atoms with E-state index < -0.39 is 11.0 Å². The minimum absolute atomic E-state index is 0. The second-order valence-electron chi connectivity index (χ2n) is 0.238. The molecule has 0 rings (SSSR count). The summed E-state index contributed by atoms with van der Waals surface area (Å²) in [5, 5.41) is 0. The summed E-state index contributed by atoms with van der Waals surface area (Å²) in [6.07, 6.45) is 0. The Balaban J connectivity index is -0.0000000450. The monoisotopic (exact) mass is 122 g/mol. The second-order valence-corrected chi connectivity index (χ2v) is 0.714. The van der Waals surface area contributed by atoms with Crippen LogP contribution in [0.1, 0.15) is 0 Å². The van der Waals surface area contributed by atoms with E-state index >= 15 is 0 Å². The molecule has 0 aliphatic rings. The Bertz CT molecular complexity index is 55.9. The number of thiol groups is 1. The van der Waals surface area contributed by atoms with E-state index in [-0.39, 0.29) is 35.0 Å². The van der Waals surface area contributed by atoms with E-state index in [1.807, 2.05) is 0 Å². The van der Waals surface area contributed by atoms with Crippen molar-refractivity contribution in [1.29, 1.82) is 0 Å². The molecule has 0 bridgehead atoms. The molecule has 34 valence electrons. The van der Waals surface area contributed by atoms with Crippen molar-refractivity contribution in [2.45, 2.75) is 0 Å². The van der Waals surface area contributed by atoms with Crippen LogP contribution in [0, 0.1) is 0 Å². The Hall–Kier alpha value is 0.870. The number of hydrogen-bond acceptors (Lipinski definition) is 3. The first kappa shape index (κ1) is 15.8. The fraction of sp³-hybridized carbons (Fsp3) is 0. The van der Waals surface area contributed by atoms with Gasteiger partial charge in [0.25, 0.3) is 11.0 Å². The summed E-state index contributed by atoms with van der Waals surface area (Å²) in [5.41, 5.74) is 0. The van der Waals surface area contributed by atoms with Crippen LogP contribution in [0.2, 0.25) is 0 Å². The zero-order valence-corrected chi connectivity index (χ0v) is 6.05. The van der Waals surface area contributed by atoms with Gasteiger partial charge in [0.2, 0.25) is 0 Å². The molecule has 0 saturated heterocycles. The van der Waals surface area contributed by atoms with Crippen molar-refractivity contribution < 1.29 is 48.0 Å². The van der Waals surface area contributed by atoms with Crippen molar-refractivity contribution >= 4 is 11.0 Å². The second kappa shape index (κ2) is 9.30. The molecule has 0 aromatic carbocycles. The minimum Gasteiger partial charge on any atom is -0.870 e. The van der Waals surface area contributed by atoms with Gasteiger partial charge in [-0.05, 0) is 0 Å². The minimum atomic E-state index is -3.12. The van der Waals surface area contributed by atoms with Gasteiger partial charge in [-0.25, -0.2) is 8.42 Å². The first-order valence-corrected chi connectivity index (χ1v) is 1.70. The molecule has 0 aliphatic carbocycles. The Morgan fingerprint density at radius 3 is 1.33 bits per heavy atom. The zero-order chi connectivity index (χ0) is 3.58. The van der Waals surface area contributed by atoms with Gasteiger partial charge in [-0.3, -0.25) is 4.55 Å². The molecule has 4 nitrogen and oxygen atoms in total. The van der Waals surface area contributed by atoms with E-state index in [0.29, 0.717) is 0 Å². The fourth-order valence-electron chi connectivity index (χ4n) is 0. The molecule has 0 spiro atoms. The van der Waals surface area contributed by atoms with Gasteiger partial charge in [0.1, 0.15) is 0 Å². The molecule has 2 N–H and O–H groups in total. The largest absolute Gasteiger partial charge is 1.00 e. The molecule has 0 saturated carbocycles. The van der Waals surface area contributed by atoms with Gasteiger partial charge in [-0.2, -0.15) is 0 Å². The average Bonchev–Trinajstić information content (AvgIpc) is 0.811. The fourth-order valence-corrected chi connectivity index (χ4v) is 0. The van der Waals surface area contributed by atoms with Crippen LogP contribution in [0.3, 0.4) is 0 Å². The van der Waals surface area contributed by atoms with Crippen molar-refractivity contribution in [1.82, 2.24) is 0 Å². The summed E-state index contributed by atoms with van der Waals surface area (Å²) >= 11 is 0. The summed E-state index contributed by atoms with van der Waals surface area (Å²) < 4.78 is 24.2. The van der Waals surface area contributed by atoms with E-state index in [1.165, 1.54) is 0 Å². The van der Waals surface area contributed by atoms with Crippen LogP contribution in [-0.4, -0.2) is 18.4 Å². The van der Waals surface area contributed by atoms with Crippen LogP contribution < -0.4 is 29.6 Å². The van der Waals surface area contributed by atoms with Crippen molar-refractivity contribution in [3.05, 3.63) is 0 Å². The van der Waals surface area contributed by atoms with Crippen molar-refractivity contribution in [2.75, 3.05) is 0 Å². The first-order chi connectivity index (χ1) is 1.73. The van der Waals surface area contributed by atoms with Crippen molar-refractivity contribution in [3.63, 3.8) is 0 Å².